The number of rotatable bonds is 6. The van der Waals surface area contributed by atoms with Crippen LogP contribution in [0.5, 0.6) is 0 Å². The van der Waals surface area contributed by atoms with Crippen molar-refractivity contribution < 1.29 is 19.1 Å². The number of carbonyl (C=O) groups is 2. The van der Waals surface area contributed by atoms with Crippen LogP contribution in [0.3, 0.4) is 0 Å². The molecule has 2 rings (SSSR count). The zero-order chi connectivity index (χ0) is 15.4. The first kappa shape index (κ1) is 15.4. The summed E-state index contributed by atoms with van der Waals surface area (Å²) in [5, 5.41) is 12.1. The molecule has 2 N–H and O–H groups in total. The Labute approximate surface area is 125 Å². The van der Waals surface area contributed by atoms with Gasteiger partial charge in [0.05, 0.1) is 4.88 Å². The first-order valence-electron chi connectivity index (χ1n) is 6.67. The van der Waals surface area contributed by atoms with Crippen molar-refractivity contribution in [2.75, 3.05) is 6.54 Å². The molecule has 6 heteroatoms. The first-order valence-corrected chi connectivity index (χ1v) is 7.49. The molecule has 1 aromatic carbocycles. The lowest BCUT2D eigenvalue weighted by Crippen LogP contribution is -2.24. The Morgan fingerprint density at radius 1 is 1.33 bits per heavy atom. The minimum Gasteiger partial charge on any atom is -0.481 e. The van der Waals surface area contributed by atoms with Gasteiger partial charge in [0.15, 0.2) is 0 Å². The Kier molecular flexibility index (Phi) is 4.90. The molecule has 1 amide bonds. The molecule has 0 radical (unpaired) electrons. The Bertz CT molecular complexity index is 681. The monoisotopic (exact) mass is 309 g/mol. The molecule has 0 aliphatic heterocycles. The summed E-state index contributed by atoms with van der Waals surface area (Å²) in [6.45, 7) is 2.24. The van der Waals surface area contributed by atoms with Crippen LogP contribution in [0, 0.1) is 12.7 Å². The fraction of sp³-hybridized carbons (Fsp3) is 0.333. The maximum atomic E-state index is 13.2. The highest BCUT2D eigenvalue weighted by Crippen LogP contribution is 2.31. The molecule has 0 bridgehead atoms. The van der Waals surface area contributed by atoms with Crippen LogP contribution in [-0.2, 0) is 4.79 Å². The number of carboxylic acid groups (broad SMARTS) is 1. The van der Waals surface area contributed by atoms with Crippen molar-refractivity contribution in [2.45, 2.75) is 26.2 Å². The predicted octanol–water partition coefficient (Wildman–Crippen LogP) is 3.33. The zero-order valence-electron chi connectivity index (χ0n) is 11.6. The van der Waals surface area contributed by atoms with Gasteiger partial charge < -0.3 is 10.4 Å². The van der Waals surface area contributed by atoms with E-state index in [1.165, 1.54) is 23.5 Å². The number of carboxylic acids is 1. The van der Waals surface area contributed by atoms with E-state index in [4.69, 9.17) is 5.11 Å². The van der Waals surface area contributed by atoms with Crippen molar-refractivity contribution in [1.82, 2.24) is 5.32 Å². The number of unbranched alkanes of at least 4 members (excludes halogenated alkanes) is 1. The van der Waals surface area contributed by atoms with Crippen molar-refractivity contribution in [3.8, 4) is 0 Å². The molecule has 0 fully saturated rings. The minimum absolute atomic E-state index is 0.108. The SMILES string of the molecule is Cc1c(C(=O)NCCCCC(=O)O)sc2ccc(F)cc12. The number of benzene rings is 1. The number of hydrogen-bond donors (Lipinski definition) is 2. The summed E-state index contributed by atoms with van der Waals surface area (Å²) >= 11 is 1.34. The van der Waals surface area contributed by atoms with Crippen LogP contribution < -0.4 is 5.32 Å². The van der Waals surface area contributed by atoms with Crippen LogP contribution in [-0.4, -0.2) is 23.5 Å². The number of nitrogens with one attached hydrogen (secondary N) is 1. The average Bonchev–Trinajstić information content (AvgIpc) is 2.75. The van der Waals surface area contributed by atoms with Gasteiger partial charge in [0.25, 0.3) is 5.91 Å². The summed E-state index contributed by atoms with van der Waals surface area (Å²) in [6, 6.07) is 4.49. The molecule has 112 valence electrons. The quantitative estimate of drug-likeness (QED) is 0.804. The number of aliphatic carboxylic acids is 1. The molecule has 1 aromatic heterocycles. The van der Waals surface area contributed by atoms with Gasteiger partial charge in [-0.15, -0.1) is 11.3 Å². The molecule has 0 atom stereocenters. The van der Waals surface area contributed by atoms with Gasteiger partial charge in [-0.05, 0) is 48.9 Å². The van der Waals surface area contributed by atoms with E-state index < -0.39 is 5.97 Å². The van der Waals surface area contributed by atoms with Gasteiger partial charge in [-0.3, -0.25) is 9.59 Å². The average molecular weight is 309 g/mol. The van der Waals surface area contributed by atoms with Gasteiger partial charge in [-0.2, -0.15) is 0 Å². The molecule has 0 saturated carbocycles. The van der Waals surface area contributed by atoms with Crippen molar-refractivity contribution in [1.29, 1.82) is 0 Å². The fourth-order valence-corrected chi connectivity index (χ4v) is 3.20. The number of carbonyl (C=O) groups excluding carboxylic acids is 1. The highest BCUT2D eigenvalue weighted by atomic mass is 32.1. The van der Waals surface area contributed by atoms with Gasteiger partial charge in [0.1, 0.15) is 5.82 Å². The van der Waals surface area contributed by atoms with E-state index in [-0.39, 0.29) is 18.1 Å². The van der Waals surface area contributed by atoms with Crippen molar-refractivity contribution in [3.63, 3.8) is 0 Å². The summed E-state index contributed by atoms with van der Waals surface area (Å²) in [6.07, 6.45) is 1.26. The van der Waals surface area contributed by atoms with E-state index >= 15 is 0 Å². The fourth-order valence-electron chi connectivity index (χ4n) is 2.09. The normalized spacial score (nSPS) is 10.8. The zero-order valence-corrected chi connectivity index (χ0v) is 12.4. The number of thiophene rings is 1. The standard InChI is InChI=1S/C15H16FNO3S/c1-9-11-8-10(16)5-6-12(11)21-14(9)15(20)17-7-3-2-4-13(18)19/h5-6,8H,2-4,7H2,1H3,(H,17,20)(H,18,19). The Balaban J connectivity index is 1.99. The maximum absolute atomic E-state index is 13.2. The molecule has 0 aliphatic rings. The molecule has 21 heavy (non-hydrogen) atoms. The summed E-state index contributed by atoms with van der Waals surface area (Å²) < 4.78 is 14.1. The van der Waals surface area contributed by atoms with Crippen LogP contribution in [0.2, 0.25) is 0 Å². The van der Waals surface area contributed by atoms with Gasteiger partial charge in [-0.1, -0.05) is 0 Å². The summed E-state index contributed by atoms with van der Waals surface area (Å²) in [5.41, 5.74) is 0.775. The molecule has 0 spiro atoms. The Hall–Kier alpha value is -1.95. The smallest absolute Gasteiger partial charge is 0.303 e. The highest BCUT2D eigenvalue weighted by molar-refractivity contribution is 7.21. The second kappa shape index (κ2) is 6.67. The molecule has 2 aromatic rings. The van der Waals surface area contributed by atoms with Crippen LogP contribution >= 0.6 is 11.3 Å². The second-order valence-corrected chi connectivity index (χ2v) is 5.86. The summed E-state index contributed by atoms with van der Waals surface area (Å²) in [7, 11) is 0. The first-order chi connectivity index (χ1) is 9.99. The number of halogens is 1. The molecule has 4 nitrogen and oxygen atoms in total. The van der Waals surface area contributed by atoms with Crippen molar-refractivity contribution in [3.05, 3.63) is 34.5 Å². The lowest BCUT2D eigenvalue weighted by molar-refractivity contribution is -0.137. The third kappa shape index (κ3) is 3.78. The van der Waals surface area contributed by atoms with Crippen LogP contribution in [0.4, 0.5) is 4.39 Å². The minimum atomic E-state index is -0.830. The Morgan fingerprint density at radius 2 is 2.10 bits per heavy atom. The molecule has 0 aliphatic carbocycles. The van der Waals surface area contributed by atoms with E-state index in [9.17, 15) is 14.0 Å². The van der Waals surface area contributed by atoms with E-state index in [0.717, 1.165) is 15.6 Å². The van der Waals surface area contributed by atoms with Gasteiger partial charge in [-0.25, -0.2) is 4.39 Å². The van der Waals surface area contributed by atoms with Gasteiger partial charge >= 0.3 is 5.97 Å². The van der Waals surface area contributed by atoms with Crippen LogP contribution in [0.15, 0.2) is 18.2 Å². The lowest BCUT2D eigenvalue weighted by atomic mass is 10.1. The van der Waals surface area contributed by atoms with Crippen molar-refractivity contribution in [2.24, 2.45) is 0 Å². The third-order valence-corrected chi connectivity index (χ3v) is 4.48. The molecule has 1 heterocycles. The third-order valence-electron chi connectivity index (χ3n) is 3.21. The number of fused-ring (bicyclic) bond motifs is 1. The largest absolute Gasteiger partial charge is 0.481 e. The van der Waals surface area contributed by atoms with Gasteiger partial charge in [0.2, 0.25) is 0 Å². The van der Waals surface area contributed by atoms with E-state index in [2.05, 4.69) is 5.32 Å². The topological polar surface area (TPSA) is 66.4 Å². The second-order valence-electron chi connectivity index (χ2n) is 4.80. The number of aryl methyl sites for hydroxylation is 1. The summed E-state index contributed by atoms with van der Waals surface area (Å²) in [4.78, 5) is 23.1. The van der Waals surface area contributed by atoms with Crippen LogP contribution in [0.25, 0.3) is 10.1 Å². The molecular formula is C15H16FNO3S. The number of amides is 1. The van der Waals surface area contributed by atoms with E-state index in [1.54, 1.807) is 13.0 Å². The Morgan fingerprint density at radius 3 is 2.81 bits per heavy atom. The summed E-state index contributed by atoms with van der Waals surface area (Å²) in [5.74, 6) is -1.34. The van der Waals surface area contributed by atoms with E-state index in [0.29, 0.717) is 24.3 Å². The molecule has 0 saturated heterocycles. The molecular weight excluding hydrogens is 293 g/mol. The molecule has 0 unspecified atom stereocenters. The highest BCUT2D eigenvalue weighted by Gasteiger charge is 2.15. The predicted molar refractivity (Wildman–Crippen MR) is 80.3 cm³/mol. The maximum Gasteiger partial charge on any atom is 0.303 e. The van der Waals surface area contributed by atoms with Gasteiger partial charge in [0, 0.05) is 17.7 Å². The van der Waals surface area contributed by atoms with Crippen LogP contribution in [0.1, 0.15) is 34.5 Å². The van der Waals surface area contributed by atoms with E-state index in [1.807, 2.05) is 0 Å². The lowest BCUT2D eigenvalue weighted by Gasteiger charge is -2.03. The van der Waals surface area contributed by atoms with Crippen molar-refractivity contribution >= 4 is 33.3 Å². The number of hydrogen-bond acceptors (Lipinski definition) is 3.